The molecule has 2 nitrogen and oxygen atoms in total. The monoisotopic (exact) mass is 526 g/mol. The topological polar surface area (TPSA) is 25.8 Å². The van der Waals surface area contributed by atoms with Gasteiger partial charge in [0.25, 0.3) is 0 Å². The Morgan fingerprint density at radius 3 is 1.68 bits per heavy atom. The Hall–Kier alpha value is -5.08. The van der Waals surface area contributed by atoms with Gasteiger partial charge in [-0.15, -0.1) is 0 Å². The van der Waals surface area contributed by atoms with Crippen LogP contribution in [0.1, 0.15) is 18.3 Å². The molecule has 0 aliphatic carbocycles. The van der Waals surface area contributed by atoms with Gasteiger partial charge in [-0.1, -0.05) is 104 Å². The van der Waals surface area contributed by atoms with Gasteiger partial charge in [0, 0.05) is 22.2 Å². The lowest BCUT2D eigenvalue weighted by atomic mass is 9.91. The van der Waals surface area contributed by atoms with E-state index in [1.807, 2.05) is 6.92 Å². The van der Waals surface area contributed by atoms with Crippen molar-refractivity contribution in [3.8, 4) is 44.5 Å². The Labute approximate surface area is 241 Å². The molecule has 0 radical (unpaired) electrons. The zero-order valence-corrected chi connectivity index (χ0v) is 23.3. The molecule has 0 atom stereocenters. The van der Waals surface area contributed by atoms with E-state index in [4.69, 9.17) is 9.97 Å². The van der Waals surface area contributed by atoms with Crippen LogP contribution < -0.4 is 0 Å². The molecule has 0 N–H and O–H groups in total. The molecule has 2 heteroatoms. The van der Waals surface area contributed by atoms with Gasteiger partial charge in [0.1, 0.15) is 0 Å². The molecule has 0 unspecified atom stereocenters. The molecule has 0 saturated heterocycles. The number of hydrogen-bond acceptors (Lipinski definition) is 2. The van der Waals surface area contributed by atoms with Crippen LogP contribution in [0.25, 0.3) is 66.3 Å². The summed E-state index contributed by atoms with van der Waals surface area (Å²) >= 11 is 0. The molecule has 2 heterocycles. The van der Waals surface area contributed by atoms with E-state index in [0.29, 0.717) is 0 Å². The summed E-state index contributed by atoms with van der Waals surface area (Å²) in [6.45, 7) is 4.21. The van der Waals surface area contributed by atoms with E-state index in [1.54, 1.807) is 0 Å². The first-order valence-corrected chi connectivity index (χ1v) is 14.2. The number of fused-ring (bicyclic) bond motifs is 3. The summed E-state index contributed by atoms with van der Waals surface area (Å²) in [6.07, 6.45) is 0.865. The van der Waals surface area contributed by atoms with E-state index in [-0.39, 0.29) is 0 Å². The number of hydrogen-bond donors (Lipinski definition) is 0. The number of nitrogens with zero attached hydrogens (tertiary/aromatic N) is 2. The van der Waals surface area contributed by atoms with E-state index >= 15 is 0 Å². The van der Waals surface area contributed by atoms with Crippen molar-refractivity contribution in [1.29, 1.82) is 0 Å². The third-order valence-corrected chi connectivity index (χ3v) is 7.85. The van der Waals surface area contributed by atoms with E-state index in [2.05, 4.69) is 140 Å². The van der Waals surface area contributed by atoms with Crippen molar-refractivity contribution < 1.29 is 0 Å². The van der Waals surface area contributed by atoms with Gasteiger partial charge < -0.3 is 0 Å². The predicted octanol–water partition coefficient (Wildman–Crippen LogP) is 10.3. The minimum atomic E-state index is 0.865. The normalized spacial score (nSPS) is 11.3. The third kappa shape index (κ3) is 4.79. The second-order valence-corrected chi connectivity index (χ2v) is 10.6. The maximum absolute atomic E-state index is 5.06. The Balaban J connectivity index is 1.42. The Morgan fingerprint density at radius 1 is 0.463 bits per heavy atom. The van der Waals surface area contributed by atoms with Crippen molar-refractivity contribution >= 4 is 21.8 Å². The van der Waals surface area contributed by atoms with Gasteiger partial charge in [-0.2, -0.15) is 0 Å². The van der Waals surface area contributed by atoms with Crippen molar-refractivity contribution in [2.45, 2.75) is 20.3 Å². The second-order valence-electron chi connectivity index (χ2n) is 10.6. The number of benzene rings is 5. The molecule has 2 aromatic heterocycles. The van der Waals surface area contributed by atoms with Crippen LogP contribution in [0.5, 0.6) is 0 Å². The minimum absolute atomic E-state index is 0.865. The summed E-state index contributed by atoms with van der Waals surface area (Å²) < 4.78 is 0. The third-order valence-electron chi connectivity index (χ3n) is 7.85. The molecule has 7 rings (SSSR count). The number of rotatable bonds is 5. The summed E-state index contributed by atoms with van der Waals surface area (Å²) in [5, 5.41) is 2.25. The number of pyridine rings is 2. The Morgan fingerprint density at radius 2 is 1.02 bits per heavy atom. The highest BCUT2D eigenvalue weighted by Gasteiger charge is 2.13. The fourth-order valence-electron chi connectivity index (χ4n) is 5.70. The summed E-state index contributed by atoms with van der Waals surface area (Å²) in [7, 11) is 0. The molecule has 196 valence electrons. The van der Waals surface area contributed by atoms with Crippen LogP contribution in [-0.4, -0.2) is 9.97 Å². The predicted molar refractivity (Wildman–Crippen MR) is 173 cm³/mol. The first kappa shape index (κ1) is 24.9. The summed E-state index contributed by atoms with van der Waals surface area (Å²) in [6, 6.07) is 47.9. The molecule has 0 aliphatic heterocycles. The standard InChI is InChI=1S/C39H30N2/c1-3-35-25-37(36-20-19-29-18-17-26(2)40-38(29)39(36)41-35)31-16-10-15-30(21-31)34-23-32(27-11-6-4-7-12-27)22-33(24-34)28-13-8-5-9-14-28/h4-25H,3H2,1-2H3. The van der Waals surface area contributed by atoms with Gasteiger partial charge in [0.15, 0.2) is 0 Å². The zero-order chi connectivity index (χ0) is 27.8. The van der Waals surface area contributed by atoms with Crippen molar-refractivity contribution in [2.24, 2.45) is 0 Å². The lowest BCUT2D eigenvalue weighted by Gasteiger charge is -2.14. The Bertz CT molecular complexity index is 1970. The Kier molecular flexibility index (Phi) is 6.37. The molecule has 41 heavy (non-hydrogen) atoms. The van der Waals surface area contributed by atoms with Gasteiger partial charge in [0.2, 0.25) is 0 Å². The van der Waals surface area contributed by atoms with E-state index in [1.165, 1.54) is 44.5 Å². The van der Waals surface area contributed by atoms with Crippen LogP contribution in [0.4, 0.5) is 0 Å². The smallest absolute Gasteiger partial charge is 0.0974 e. The highest BCUT2D eigenvalue weighted by Crippen LogP contribution is 2.37. The summed E-state index contributed by atoms with van der Waals surface area (Å²) in [5.74, 6) is 0. The van der Waals surface area contributed by atoms with Gasteiger partial charge in [-0.25, -0.2) is 0 Å². The minimum Gasteiger partial charge on any atom is -0.251 e. The van der Waals surface area contributed by atoms with Gasteiger partial charge in [-0.3, -0.25) is 9.97 Å². The van der Waals surface area contributed by atoms with E-state index < -0.39 is 0 Å². The van der Waals surface area contributed by atoms with Crippen LogP contribution in [0, 0.1) is 6.92 Å². The molecule has 0 aliphatic rings. The molecular formula is C39H30N2. The molecular weight excluding hydrogens is 496 g/mol. The average molecular weight is 527 g/mol. The molecule has 7 aromatic rings. The quantitative estimate of drug-likeness (QED) is 0.209. The lowest BCUT2D eigenvalue weighted by molar-refractivity contribution is 1.06. The van der Waals surface area contributed by atoms with Crippen LogP contribution in [0.15, 0.2) is 133 Å². The van der Waals surface area contributed by atoms with Gasteiger partial charge in [-0.05, 0) is 94.3 Å². The molecule has 0 saturated carbocycles. The largest absolute Gasteiger partial charge is 0.251 e. The van der Waals surface area contributed by atoms with E-state index in [9.17, 15) is 0 Å². The highest BCUT2D eigenvalue weighted by atomic mass is 14.8. The van der Waals surface area contributed by atoms with Gasteiger partial charge >= 0.3 is 0 Å². The van der Waals surface area contributed by atoms with Crippen molar-refractivity contribution in [3.63, 3.8) is 0 Å². The fourth-order valence-corrected chi connectivity index (χ4v) is 5.70. The molecule has 5 aromatic carbocycles. The number of aryl methyl sites for hydroxylation is 2. The van der Waals surface area contributed by atoms with Crippen LogP contribution in [-0.2, 0) is 6.42 Å². The SMILES string of the molecule is CCc1cc(-c2cccc(-c3cc(-c4ccccc4)cc(-c4ccccc4)c3)c2)c2ccc3ccc(C)nc3c2n1. The maximum atomic E-state index is 5.06. The van der Waals surface area contributed by atoms with Crippen LogP contribution >= 0.6 is 0 Å². The summed E-state index contributed by atoms with van der Waals surface area (Å²) in [4.78, 5) is 9.95. The first-order valence-electron chi connectivity index (χ1n) is 14.2. The first-order chi connectivity index (χ1) is 20.2. The fraction of sp³-hybridized carbons (Fsp3) is 0.0769. The number of aromatic nitrogens is 2. The van der Waals surface area contributed by atoms with Crippen LogP contribution in [0.3, 0.4) is 0 Å². The van der Waals surface area contributed by atoms with Crippen molar-refractivity contribution in [3.05, 3.63) is 145 Å². The lowest BCUT2D eigenvalue weighted by Crippen LogP contribution is -1.95. The van der Waals surface area contributed by atoms with Crippen LogP contribution in [0.2, 0.25) is 0 Å². The second kappa shape index (κ2) is 10.5. The molecule has 0 amide bonds. The molecule has 0 bridgehead atoms. The maximum Gasteiger partial charge on any atom is 0.0974 e. The van der Waals surface area contributed by atoms with Gasteiger partial charge in [0.05, 0.1) is 11.0 Å². The average Bonchev–Trinajstić information content (AvgIpc) is 3.04. The van der Waals surface area contributed by atoms with Crippen molar-refractivity contribution in [1.82, 2.24) is 9.97 Å². The van der Waals surface area contributed by atoms with Crippen molar-refractivity contribution in [2.75, 3.05) is 0 Å². The highest BCUT2D eigenvalue weighted by molar-refractivity contribution is 6.08. The van der Waals surface area contributed by atoms with E-state index in [0.717, 1.165) is 39.6 Å². The molecule has 0 spiro atoms. The zero-order valence-electron chi connectivity index (χ0n) is 23.3. The summed E-state index contributed by atoms with van der Waals surface area (Å²) in [5.41, 5.74) is 13.6. The molecule has 0 fully saturated rings.